The highest BCUT2D eigenvalue weighted by molar-refractivity contribution is 6.32. The second kappa shape index (κ2) is 8.19. The van der Waals surface area contributed by atoms with Gasteiger partial charge in [0.05, 0.1) is 28.0 Å². The van der Waals surface area contributed by atoms with E-state index in [2.05, 4.69) is 17.1 Å². The van der Waals surface area contributed by atoms with Crippen molar-refractivity contribution < 1.29 is 13.2 Å². The number of fused-ring (bicyclic) bond motifs is 1. The number of piperidine rings is 1. The van der Waals surface area contributed by atoms with Gasteiger partial charge < -0.3 is 5.32 Å². The average Bonchev–Trinajstić information content (AvgIpc) is 2.88. The zero-order valence-corrected chi connectivity index (χ0v) is 17.3. The highest BCUT2D eigenvalue weighted by Crippen LogP contribution is 2.39. The van der Waals surface area contributed by atoms with Gasteiger partial charge in [-0.3, -0.25) is 4.90 Å². The summed E-state index contributed by atoms with van der Waals surface area (Å²) in [4.78, 5) is 2.43. The van der Waals surface area contributed by atoms with E-state index < -0.39 is 11.7 Å². The molecule has 2 aromatic rings. The SMILES string of the molecule is CCN1CCCCC1c1nn(-c2cc(C(F)(F)F)ccc2Cl)c2c1CCCCN2. The van der Waals surface area contributed by atoms with Crippen LogP contribution in [0.5, 0.6) is 0 Å². The van der Waals surface area contributed by atoms with Gasteiger partial charge in [0.25, 0.3) is 0 Å². The van der Waals surface area contributed by atoms with Gasteiger partial charge in [-0.05, 0) is 63.4 Å². The number of nitrogens with zero attached hydrogens (tertiary/aromatic N) is 3. The van der Waals surface area contributed by atoms with Crippen LogP contribution in [0.25, 0.3) is 5.69 Å². The number of halogens is 4. The lowest BCUT2D eigenvalue weighted by atomic mass is 9.95. The smallest absolute Gasteiger partial charge is 0.370 e. The van der Waals surface area contributed by atoms with Crippen molar-refractivity contribution in [1.29, 1.82) is 0 Å². The summed E-state index contributed by atoms with van der Waals surface area (Å²) in [6, 6.07) is 3.63. The Balaban J connectivity index is 1.86. The molecule has 4 rings (SSSR count). The fraction of sp³-hybridized carbons (Fsp3) is 0.571. The van der Waals surface area contributed by atoms with Crippen molar-refractivity contribution in [2.75, 3.05) is 25.0 Å². The van der Waals surface area contributed by atoms with Crippen LogP contribution in [0.15, 0.2) is 18.2 Å². The zero-order valence-electron chi connectivity index (χ0n) is 16.5. The van der Waals surface area contributed by atoms with Crippen molar-refractivity contribution in [2.24, 2.45) is 0 Å². The van der Waals surface area contributed by atoms with E-state index in [1.54, 1.807) is 4.68 Å². The Morgan fingerprint density at radius 1 is 1.21 bits per heavy atom. The van der Waals surface area contributed by atoms with Crippen LogP contribution in [0.2, 0.25) is 5.02 Å². The van der Waals surface area contributed by atoms with E-state index in [-0.39, 0.29) is 16.8 Å². The van der Waals surface area contributed by atoms with Crippen molar-refractivity contribution in [3.63, 3.8) is 0 Å². The number of anilines is 1. The summed E-state index contributed by atoms with van der Waals surface area (Å²) in [6.07, 6.45) is 1.84. The molecule has 29 heavy (non-hydrogen) atoms. The van der Waals surface area contributed by atoms with Crippen LogP contribution in [0.4, 0.5) is 19.0 Å². The number of rotatable bonds is 3. The van der Waals surface area contributed by atoms with Crippen molar-refractivity contribution in [3.05, 3.63) is 40.0 Å². The third-order valence-electron chi connectivity index (χ3n) is 6.00. The topological polar surface area (TPSA) is 33.1 Å². The first kappa shape index (κ1) is 20.5. The molecule has 0 aliphatic carbocycles. The van der Waals surface area contributed by atoms with Crippen LogP contribution in [0.3, 0.4) is 0 Å². The third-order valence-corrected chi connectivity index (χ3v) is 6.32. The van der Waals surface area contributed by atoms with Gasteiger partial charge in [-0.25, -0.2) is 4.68 Å². The molecule has 1 saturated heterocycles. The van der Waals surface area contributed by atoms with Crippen LogP contribution >= 0.6 is 11.6 Å². The quantitative estimate of drug-likeness (QED) is 0.669. The van der Waals surface area contributed by atoms with Gasteiger partial charge in [0.2, 0.25) is 0 Å². The monoisotopic (exact) mass is 426 g/mol. The van der Waals surface area contributed by atoms with E-state index >= 15 is 0 Å². The standard InChI is InChI=1S/C21H26ClF3N4/c1-2-28-12-6-4-8-17(28)19-15-7-3-5-11-26-20(15)29(27-19)18-13-14(21(23,24)25)9-10-16(18)22/h9-10,13,17,26H,2-8,11-12H2,1H3. The van der Waals surface area contributed by atoms with E-state index in [1.807, 2.05) is 0 Å². The first-order valence-electron chi connectivity index (χ1n) is 10.4. The Labute approximate surface area is 174 Å². The predicted molar refractivity (Wildman–Crippen MR) is 109 cm³/mol. The summed E-state index contributed by atoms with van der Waals surface area (Å²) >= 11 is 6.35. The normalized spacial score (nSPS) is 20.8. The van der Waals surface area contributed by atoms with Crippen molar-refractivity contribution in [3.8, 4) is 5.69 Å². The van der Waals surface area contributed by atoms with Crippen LogP contribution in [-0.4, -0.2) is 34.3 Å². The molecule has 2 aliphatic heterocycles. The number of hydrogen-bond donors (Lipinski definition) is 1. The Morgan fingerprint density at radius 2 is 2.03 bits per heavy atom. The molecule has 0 amide bonds. The van der Waals surface area contributed by atoms with Gasteiger partial charge in [-0.15, -0.1) is 0 Å². The maximum atomic E-state index is 13.3. The molecule has 1 aromatic carbocycles. The molecular formula is C21H26ClF3N4. The molecular weight excluding hydrogens is 401 g/mol. The minimum atomic E-state index is -4.43. The molecule has 1 atom stereocenters. The lowest BCUT2D eigenvalue weighted by molar-refractivity contribution is -0.137. The molecule has 3 heterocycles. The predicted octanol–water partition coefficient (Wildman–Crippen LogP) is 5.84. The molecule has 2 aliphatic rings. The minimum absolute atomic E-state index is 0.202. The van der Waals surface area contributed by atoms with Crippen LogP contribution in [-0.2, 0) is 12.6 Å². The summed E-state index contributed by atoms with van der Waals surface area (Å²) in [6.45, 7) is 4.89. The number of hydrogen-bond acceptors (Lipinski definition) is 3. The summed E-state index contributed by atoms with van der Waals surface area (Å²) in [5, 5.41) is 8.54. The molecule has 1 unspecified atom stereocenters. The van der Waals surface area contributed by atoms with E-state index in [0.717, 1.165) is 80.9 Å². The molecule has 1 aromatic heterocycles. The lowest BCUT2D eigenvalue weighted by Gasteiger charge is -2.34. The van der Waals surface area contributed by atoms with Crippen LogP contribution in [0.1, 0.15) is 61.9 Å². The Bertz CT molecular complexity index is 878. The van der Waals surface area contributed by atoms with Crippen LogP contribution < -0.4 is 5.32 Å². The van der Waals surface area contributed by atoms with Gasteiger partial charge in [0.15, 0.2) is 0 Å². The second-order valence-electron chi connectivity index (χ2n) is 7.81. The maximum Gasteiger partial charge on any atom is 0.416 e. The summed E-state index contributed by atoms with van der Waals surface area (Å²) in [5.74, 6) is 0.792. The van der Waals surface area contributed by atoms with E-state index in [4.69, 9.17) is 16.7 Å². The molecule has 0 radical (unpaired) electrons. The van der Waals surface area contributed by atoms with Gasteiger partial charge in [0, 0.05) is 12.1 Å². The van der Waals surface area contributed by atoms with Crippen molar-refractivity contribution >= 4 is 17.4 Å². The Kier molecular flexibility index (Phi) is 5.80. The van der Waals surface area contributed by atoms with E-state index in [9.17, 15) is 13.2 Å². The fourth-order valence-corrected chi connectivity index (χ4v) is 4.70. The van der Waals surface area contributed by atoms with Gasteiger partial charge in [0.1, 0.15) is 5.82 Å². The fourth-order valence-electron chi connectivity index (χ4n) is 4.50. The molecule has 0 spiro atoms. The number of likely N-dealkylation sites (tertiary alicyclic amines) is 1. The van der Waals surface area contributed by atoms with Crippen molar-refractivity contribution in [2.45, 2.75) is 57.7 Å². The largest absolute Gasteiger partial charge is 0.416 e. The third kappa shape index (κ3) is 3.99. The molecule has 0 bridgehead atoms. The number of alkyl halides is 3. The highest BCUT2D eigenvalue weighted by atomic mass is 35.5. The average molecular weight is 427 g/mol. The molecule has 1 N–H and O–H groups in total. The van der Waals surface area contributed by atoms with E-state index in [1.165, 1.54) is 12.5 Å². The Morgan fingerprint density at radius 3 is 2.79 bits per heavy atom. The van der Waals surface area contributed by atoms with Crippen molar-refractivity contribution in [1.82, 2.24) is 14.7 Å². The molecule has 4 nitrogen and oxygen atoms in total. The van der Waals surface area contributed by atoms with Gasteiger partial charge in [-0.1, -0.05) is 24.9 Å². The summed E-state index contributed by atoms with van der Waals surface area (Å²) in [5.41, 5.74) is 1.67. The molecule has 1 fully saturated rings. The first-order valence-corrected chi connectivity index (χ1v) is 10.7. The van der Waals surface area contributed by atoms with Crippen LogP contribution in [0, 0.1) is 0 Å². The first-order chi connectivity index (χ1) is 13.9. The molecule has 8 heteroatoms. The van der Waals surface area contributed by atoms with Gasteiger partial charge >= 0.3 is 6.18 Å². The second-order valence-corrected chi connectivity index (χ2v) is 8.22. The summed E-state index contributed by atoms with van der Waals surface area (Å²) in [7, 11) is 0. The minimum Gasteiger partial charge on any atom is -0.370 e. The number of aromatic nitrogens is 2. The van der Waals surface area contributed by atoms with Gasteiger partial charge in [-0.2, -0.15) is 18.3 Å². The Hall–Kier alpha value is -1.73. The lowest BCUT2D eigenvalue weighted by Crippen LogP contribution is -2.34. The molecule has 158 valence electrons. The molecule has 0 saturated carbocycles. The number of benzene rings is 1. The highest BCUT2D eigenvalue weighted by Gasteiger charge is 2.34. The summed E-state index contributed by atoms with van der Waals surface area (Å²) < 4.78 is 41.6. The van der Waals surface area contributed by atoms with E-state index in [0.29, 0.717) is 0 Å². The number of nitrogens with one attached hydrogen (secondary N) is 1. The zero-order chi connectivity index (χ0) is 20.6. The maximum absolute atomic E-state index is 13.3.